The number of hydrogen-bond acceptors (Lipinski definition) is 5. The van der Waals surface area contributed by atoms with Gasteiger partial charge in [-0.1, -0.05) is 0 Å². The molecule has 1 aromatic rings. The second kappa shape index (κ2) is 5.89. The van der Waals surface area contributed by atoms with E-state index in [1.165, 1.54) is 6.20 Å². The maximum atomic E-state index is 11.1. The Labute approximate surface area is 94.9 Å². The van der Waals surface area contributed by atoms with Crippen LogP contribution in [-0.4, -0.2) is 32.6 Å². The lowest BCUT2D eigenvalue weighted by atomic mass is 10.6. The molecular formula is C7H11N2O7P. The summed E-state index contributed by atoms with van der Waals surface area (Å²) in [6, 6.07) is 1.15. The van der Waals surface area contributed by atoms with Gasteiger partial charge in [0.2, 0.25) is 0 Å². The van der Waals surface area contributed by atoms with E-state index in [1.807, 2.05) is 4.98 Å². The minimum Gasteiger partial charge on any atom is -0.358 e. The molecule has 0 aromatic carbocycles. The monoisotopic (exact) mass is 266 g/mol. The number of aromatic amines is 1. The van der Waals surface area contributed by atoms with Crippen molar-refractivity contribution in [3.05, 3.63) is 33.1 Å². The molecule has 0 bridgehead atoms. The standard InChI is InChI=1S/C7H11N2O7P/c10-6-1-2-9(7(11)8-6)5-15-3-4-16-17(12,13)14/h1-2H,3-5H2,(H,8,10,11)(H2,12,13,14). The molecule has 0 aliphatic rings. The van der Waals surface area contributed by atoms with Crippen LogP contribution < -0.4 is 11.2 Å². The second-order valence-electron chi connectivity index (χ2n) is 2.94. The third-order valence-corrected chi connectivity index (χ3v) is 2.13. The average Bonchev–Trinajstić information content (AvgIpc) is 2.18. The number of hydrogen-bond donors (Lipinski definition) is 3. The number of nitrogens with one attached hydrogen (secondary N) is 1. The van der Waals surface area contributed by atoms with Crippen molar-refractivity contribution in [3.8, 4) is 0 Å². The third-order valence-electron chi connectivity index (χ3n) is 1.61. The first kappa shape index (κ1) is 13.8. The highest BCUT2D eigenvalue weighted by Gasteiger charge is 2.12. The number of ether oxygens (including phenoxy) is 1. The average molecular weight is 266 g/mol. The summed E-state index contributed by atoms with van der Waals surface area (Å²) >= 11 is 0. The van der Waals surface area contributed by atoms with Crippen molar-refractivity contribution in [3.63, 3.8) is 0 Å². The van der Waals surface area contributed by atoms with Gasteiger partial charge in [-0.25, -0.2) is 9.36 Å². The number of H-pyrrole nitrogens is 1. The summed E-state index contributed by atoms with van der Waals surface area (Å²) in [6.45, 7) is -0.556. The Balaban J connectivity index is 2.34. The summed E-state index contributed by atoms with van der Waals surface area (Å²) in [5.74, 6) is 0. The fraction of sp³-hybridized carbons (Fsp3) is 0.429. The van der Waals surface area contributed by atoms with Gasteiger partial charge < -0.3 is 14.5 Å². The van der Waals surface area contributed by atoms with E-state index in [1.54, 1.807) is 0 Å². The molecule has 9 nitrogen and oxygen atoms in total. The molecule has 0 fully saturated rings. The van der Waals surface area contributed by atoms with Gasteiger partial charge in [0.05, 0.1) is 13.2 Å². The van der Waals surface area contributed by atoms with Gasteiger partial charge in [-0.15, -0.1) is 0 Å². The molecule has 0 unspecified atom stereocenters. The summed E-state index contributed by atoms with van der Waals surface area (Å²) in [5, 5.41) is 0. The van der Waals surface area contributed by atoms with Crippen molar-refractivity contribution in [2.45, 2.75) is 6.73 Å². The first-order chi connectivity index (χ1) is 7.88. The van der Waals surface area contributed by atoms with Crippen molar-refractivity contribution >= 4 is 7.82 Å². The Morgan fingerprint density at radius 3 is 2.65 bits per heavy atom. The molecule has 3 N–H and O–H groups in total. The lowest BCUT2D eigenvalue weighted by Crippen LogP contribution is -2.29. The van der Waals surface area contributed by atoms with Crippen LogP contribution in [0, 0.1) is 0 Å². The van der Waals surface area contributed by atoms with Gasteiger partial charge in [-0.3, -0.25) is 18.9 Å². The molecule has 0 aliphatic heterocycles. The van der Waals surface area contributed by atoms with Gasteiger partial charge in [-0.2, -0.15) is 0 Å². The summed E-state index contributed by atoms with van der Waals surface area (Å²) < 4.78 is 20.4. The SMILES string of the molecule is O=c1ccn(COCCOP(=O)(O)O)c(=O)[nH]1. The number of nitrogens with zero attached hydrogens (tertiary/aromatic N) is 1. The van der Waals surface area contributed by atoms with Crippen LogP contribution >= 0.6 is 7.82 Å². The molecule has 0 saturated heterocycles. The smallest absolute Gasteiger partial charge is 0.358 e. The van der Waals surface area contributed by atoms with Crippen LogP contribution in [0.25, 0.3) is 0 Å². The number of rotatable bonds is 6. The number of phosphoric acid groups is 1. The summed E-state index contributed by atoms with van der Waals surface area (Å²) in [5.41, 5.74) is -1.15. The molecule has 0 spiro atoms. The normalized spacial score (nSPS) is 11.6. The van der Waals surface area contributed by atoms with Gasteiger partial charge in [0, 0.05) is 12.3 Å². The molecule has 96 valence electrons. The fourth-order valence-corrected chi connectivity index (χ4v) is 1.24. The number of phosphoric ester groups is 1. The molecule has 10 heteroatoms. The Bertz CT molecular complexity index is 515. The maximum absolute atomic E-state index is 11.1. The molecule has 0 atom stereocenters. The highest BCUT2D eigenvalue weighted by atomic mass is 31.2. The highest BCUT2D eigenvalue weighted by molar-refractivity contribution is 7.46. The van der Waals surface area contributed by atoms with Gasteiger partial charge in [0.25, 0.3) is 5.56 Å². The van der Waals surface area contributed by atoms with Crippen LogP contribution in [0.15, 0.2) is 21.9 Å². The van der Waals surface area contributed by atoms with Crippen LogP contribution in [0.3, 0.4) is 0 Å². The van der Waals surface area contributed by atoms with E-state index >= 15 is 0 Å². The Morgan fingerprint density at radius 2 is 2.06 bits per heavy atom. The molecule has 1 rings (SSSR count). The number of aromatic nitrogens is 2. The predicted octanol–water partition coefficient (Wildman–Crippen LogP) is -1.38. The minimum absolute atomic E-state index is 0.101. The maximum Gasteiger partial charge on any atom is 0.469 e. The van der Waals surface area contributed by atoms with E-state index < -0.39 is 19.1 Å². The molecule has 1 aromatic heterocycles. The topological polar surface area (TPSA) is 131 Å². The van der Waals surface area contributed by atoms with Crippen LogP contribution in [0.5, 0.6) is 0 Å². The largest absolute Gasteiger partial charge is 0.469 e. The third kappa shape index (κ3) is 5.57. The zero-order chi connectivity index (χ0) is 12.9. The lowest BCUT2D eigenvalue weighted by molar-refractivity contribution is 0.0435. The molecule has 0 saturated carbocycles. The van der Waals surface area contributed by atoms with Crippen molar-refractivity contribution in [2.75, 3.05) is 13.2 Å². The van der Waals surface area contributed by atoms with Gasteiger partial charge in [-0.05, 0) is 0 Å². The minimum atomic E-state index is -4.49. The van der Waals surface area contributed by atoms with E-state index in [9.17, 15) is 14.2 Å². The first-order valence-electron chi connectivity index (χ1n) is 4.46. The Morgan fingerprint density at radius 1 is 1.35 bits per heavy atom. The first-order valence-corrected chi connectivity index (χ1v) is 5.99. The molecule has 0 radical (unpaired) electrons. The summed E-state index contributed by atoms with van der Waals surface area (Å²) in [6.07, 6.45) is 1.24. The molecule has 17 heavy (non-hydrogen) atoms. The molecular weight excluding hydrogens is 255 g/mol. The van der Waals surface area contributed by atoms with Crippen molar-refractivity contribution in [1.82, 2.24) is 9.55 Å². The van der Waals surface area contributed by atoms with E-state index in [2.05, 4.69) is 4.52 Å². The van der Waals surface area contributed by atoms with Crippen molar-refractivity contribution < 1.29 is 23.6 Å². The quantitative estimate of drug-likeness (QED) is 0.427. The fourth-order valence-electron chi connectivity index (χ4n) is 0.924. The van der Waals surface area contributed by atoms with Crippen molar-refractivity contribution in [2.24, 2.45) is 0 Å². The molecule has 0 aliphatic carbocycles. The van der Waals surface area contributed by atoms with Crippen LogP contribution in [-0.2, 0) is 20.6 Å². The Hall–Kier alpha value is -1.25. The van der Waals surface area contributed by atoms with Gasteiger partial charge in [0.15, 0.2) is 0 Å². The summed E-state index contributed by atoms with van der Waals surface area (Å²) in [7, 11) is -4.49. The Kier molecular flexibility index (Phi) is 4.79. The predicted molar refractivity (Wildman–Crippen MR) is 55.3 cm³/mol. The van der Waals surface area contributed by atoms with E-state index in [-0.39, 0.29) is 19.9 Å². The van der Waals surface area contributed by atoms with Crippen LogP contribution in [0.1, 0.15) is 0 Å². The molecule has 1 heterocycles. The van der Waals surface area contributed by atoms with E-state index in [0.29, 0.717) is 0 Å². The van der Waals surface area contributed by atoms with Gasteiger partial charge >= 0.3 is 13.5 Å². The van der Waals surface area contributed by atoms with E-state index in [0.717, 1.165) is 10.6 Å². The second-order valence-corrected chi connectivity index (χ2v) is 4.18. The van der Waals surface area contributed by atoms with E-state index in [4.69, 9.17) is 14.5 Å². The molecule has 0 amide bonds. The zero-order valence-electron chi connectivity index (χ0n) is 8.61. The highest BCUT2D eigenvalue weighted by Crippen LogP contribution is 2.35. The zero-order valence-corrected chi connectivity index (χ0v) is 9.50. The lowest BCUT2D eigenvalue weighted by Gasteiger charge is -2.07. The van der Waals surface area contributed by atoms with Crippen LogP contribution in [0.2, 0.25) is 0 Å². The summed E-state index contributed by atoms with van der Waals surface area (Å²) in [4.78, 5) is 40.6. The van der Waals surface area contributed by atoms with Crippen molar-refractivity contribution in [1.29, 1.82) is 0 Å². The van der Waals surface area contributed by atoms with Gasteiger partial charge in [0.1, 0.15) is 6.73 Å². The van der Waals surface area contributed by atoms with Crippen LogP contribution in [0.4, 0.5) is 0 Å².